The van der Waals surface area contributed by atoms with Crippen molar-refractivity contribution in [3.63, 3.8) is 0 Å². The Hall–Kier alpha value is -0.910. The van der Waals surface area contributed by atoms with Crippen LogP contribution in [0.1, 0.15) is 25.3 Å². The minimum Gasteiger partial charge on any atom is -0.381 e. The van der Waals surface area contributed by atoms with E-state index in [9.17, 15) is 8.42 Å². The second-order valence-electron chi connectivity index (χ2n) is 5.13. The van der Waals surface area contributed by atoms with Crippen molar-refractivity contribution in [2.24, 2.45) is 5.92 Å². The molecular weight excluding hydrogens is 262 g/mol. The fourth-order valence-corrected chi connectivity index (χ4v) is 4.04. The van der Waals surface area contributed by atoms with E-state index in [2.05, 4.69) is 4.72 Å². The monoisotopic (exact) mass is 283 g/mol. The van der Waals surface area contributed by atoms with Gasteiger partial charge in [0, 0.05) is 19.3 Å². The van der Waals surface area contributed by atoms with Crippen molar-refractivity contribution < 1.29 is 13.2 Å². The minimum atomic E-state index is -3.43. The number of hydrogen-bond donors (Lipinski definition) is 1. The maximum Gasteiger partial charge on any atom is 0.241 e. The molecule has 1 aromatic rings. The van der Waals surface area contributed by atoms with Crippen molar-refractivity contribution in [1.82, 2.24) is 4.72 Å². The van der Waals surface area contributed by atoms with Crippen LogP contribution < -0.4 is 4.72 Å². The number of benzene rings is 1. The molecule has 1 saturated heterocycles. The van der Waals surface area contributed by atoms with Crippen LogP contribution in [0.2, 0.25) is 0 Å². The summed E-state index contributed by atoms with van der Waals surface area (Å²) >= 11 is 0. The third-order valence-corrected chi connectivity index (χ3v) is 5.42. The van der Waals surface area contributed by atoms with Crippen molar-refractivity contribution in [3.05, 3.63) is 29.8 Å². The largest absolute Gasteiger partial charge is 0.381 e. The van der Waals surface area contributed by atoms with Gasteiger partial charge in [-0.3, -0.25) is 0 Å². The topological polar surface area (TPSA) is 55.4 Å². The first-order valence-corrected chi connectivity index (χ1v) is 8.15. The van der Waals surface area contributed by atoms with Crippen LogP contribution in [-0.2, 0) is 14.8 Å². The van der Waals surface area contributed by atoms with Crippen LogP contribution in [0.3, 0.4) is 0 Å². The predicted molar refractivity (Wildman–Crippen MR) is 74.5 cm³/mol. The van der Waals surface area contributed by atoms with Gasteiger partial charge in [0.2, 0.25) is 10.0 Å². The average molecular weight is 283 g/mol. The Balaban J connectivity index is 2.11. The lowest BCUT2D eigenvalue weighted by Gasteiger charge is -2.28. The van der Waals surface area contributed by atoms with Crippen LogP contribution in [0.5, 0.6) is 0 Å². The molecule has 0 aliphatic carbocycles. The molecule has 5 heteroatoms. The van der Waals surface area contributed by atoms with E-state index in [0.29, 0.717) is 10.8 Å². The maximum atomic E-state index is 12.4. The van der Waals surface area contributed by atoms with Crippen LogP contribution in [0.4, 0.5) is 0 Å². The van der Waals surface area contributed by atoms with Crippen molar-refractivity contribution in [1.29, 1.82) is 0 Å². The highest BCUT2D eigenvalue weighted by Crippen LogP contribution is 2.21. The Morgan fingerprint density at radius 2 is 1.89 bits per heavy atom. The smallest absolute Gasteiger partial charge is 0.241 e. The quantitative estimate of drug-likeness (QED) is 0.920. The van der Waals surface area contributed by atoms with Gasteiger partial charge in [-0.25, -0.2) is 13.1 Å². The molecule has 1 aliphatic rings. The summed E-state index contributed by atoms with van der Waals surface area (Å²) in [5.41, 5.74) is 0.772. The van der Waals surface area contributed by atoms with Crippen LogP contribution in [0, 0.1) is 12.8 Å². The summed E-state index contributed by atoms with van der Waals surface area (Å²) in [4.78, 5) is 0.369. The lowest BCUT2D eigenvalue weighted by Crippen LogP contribution is -2.40. The van der Waals surface area contributed by atoms with Crippen molar-refractivity contribution >= 4 is 10.0 Å². The van der Waals surface area contributed by atoms with E-state index in [4.69, 9.17) is 4.74 Å². The van der Waals surface area contributed by atoms with Crippen LogP contribution >= 0.6 is 0 Å². The summed E-state index contributed by atoms with van der Waals surface area (Å²) in [6.45, 7) is 5.20. The highest BCUT2D eigenvalue weighted by atomic mass is 32.2. The molecule has 1 N–H and O–H groups in total. The second kappa shape index (κ2) is 6.03. The summed E-state index contributed by atoms with van der Waals surface area (Å²) in [7, 11) is -3.43. The molecule has 0 bridgehead atoms. The lowest BCUT2D eigenvalue weighted by molar-refractivity contribution is 0.0585. The number of rotatable bonds is 4. The molecule has 0 aromatic heterocycles. The van der Waals surface area contributed by atoms with E-state index in [1.54, 1.807) is 12.1 Å². The standard InChI is InChI=1S/C14H21NO3S/c1-11-5-3-4-6-14(11)19(16,17)15-12(2)13-7-9-18-10-8-13/h3-6,12-13,15H,7-10H2,1-2H3. The van der Waals surface area contributed by atoms with Crippen molar-refractivity contribution in [2.75, 3.05) is 13.2 Å². The van der Waals surface area contributed by atoms with Gasteiger partial charge in [0.1, 0.15) is 0 Å². The van der Waals surface area contributed by atoms with Gasteiger partial charge in [0.25, 0.3) is 0 Å². The van der Waals surface area contributed by atoms with E-state index in [-0.39, 0.29) is 6.04 Å². The van der Waals surface area contributed by atoms with E-state index >= 15 is 0 Å². The highest BCUT2D eigenvalue weighted by molar-refractivity contribution is 7.89. The van der Waals surface area contributed by atoms with Gasteiger partial charge in [-0.15, -0.1) is 0 Å². The normalized spacial score (nSPS) is 19.3. The van der Waals surface area contributed by atoms with Crippen molar-refractivity contribution in [2.45, 2.75) is 37.6 Å². The molecular formula is C14H21NO3S. The number of hydrogen-bond acceptors (Lipinski definition) is 3. The number of ether oxygens (including phenoxy) is 1. The molecule has 19 heavy (non-hydrogen) atoms. The van der Waals surface area contributed by atoms with Gasteiger partial charge in [-0.1, -0.05) is 18.2 Å². The second-order valence-corrected chi connectivity index (χ2v) is 6.81. The molecule has 1 atom stereocenters. The van der Waals surface area contributed by atoms with Gasteiger partial charge in [-0.05, 0) is 44.2 Å². The summed E-state index contributed by atoms with van der Waals surface area (Å²) in [5, 5.41) is 0. The number of sulfonamides is 1. The van der Waals surface area contributed by atoms with Crippen LogP contribution in [0.25, 0.3) is 0 Å². The Morgan fingerprint density at radius 3 is 2.53 bits per heavy atom. The Labute approximate surface area is 115 Å². The van der Waals surface area contributed by atoms with E-state index in [1.807, 2.05) is 26.0 Å². The summed E-state index contributed by atoms with van der Waals surface area (Å²) in [6.07, 6.45) is 1.83. The third kappa shape index (κ3) is 3.55. The first kappa shape index (κ1) is 14.5. The van der Waals surface area contributed by atoms with E-state index in [1.165, 1.54) is 0 Å². The molecule has 0 radical (unpaired) electrons. The van der Waals surface area contributed by atoms with Crippen molar-refractivity contribution in [3.8, 4) is 0 Å². The van der Waals surface area contributed by atoms with E-state index in [0.717, 1.165) is 31.6 Å². The fourth-order valence-electron chi connectivity index (χ4n) is 2.48. The molecule has 1 aromatic carbocycles. The summed E-state index contributed by atoms with van der Waals surface area (Å²) in [5.74, 6) is 0.354. The first-order chi connectivity index (χ1) is 9.00. The number of nitrogens with one attached hydrogen (secondary N) is 1. The molecule has 0 amide bonds. The van der Waals surface area contributed by atoms with Gasteiger partial charge in [0.05, 0.1) is 4.90 Å². The zero-order valence-corrected chi connectivity index (χ0v) is 12.2. The van der Waals surface area contributed by atoms with Gasteiger partial charge in [-0.2, -0.15) is 0 Å². The predicted octanol–water partition coefficient (Wildman–Crippen LogP) is 2.09. The minimum absolute atomic E-state index is 0.0616. The van der Waals surface area contributed by atoms with Crippen LogP contribution in [-0.4, -0.2) is 27.7 Å². The highest BCUT2D eigenvalue weighted by Gasteiger charge is 2.26. The van der Waals surface area contributed by atoms with Gasteiger partial charge in [0.15, 0.2) is 0 Å². The molecule has 106 valence electrons. The molecule has 1 heterocycles. The molecule has 1 fully saturated rings. The SMILES string of the molecule is Cc1ccccc1S(=O)(=O)NC(C)C1CCOCC1. The molecule has 1 unspecified atom stereocenters. The van der Waals surface area contributed by atoms with Gasteiger partial charge < -0.3 is 4.74 Å². The Kier molecular flexibility index (Phi) is 4.60. The Bertz CT molecular complexity index is 521. The summed E-state index contributed by atoms with van der Waals surface area (Å²) in [6, 6.07) is 6.99. The summed E-state index contributed by atoms with van der Waals surface area (Å²) < 4.78 is 32.8. The Morgan fingerprint density at radius 1 is 1.26 bits per heavy atom. The molecule has 0 saturated carbocycles. The first-order valence-electron chi connectivity index (χ1n) is 6.66. The lowest BCUT2D eigenvalue weighted by atomic mass is 9.94. The zero-order chi connectivity index (χ0) is 13.9. The average Bonchev–Trinajstić information content (AvgIpc) is 2.39. The van der Waals surface area contributed by atoms with Gasteiger partial charge >= 0.3 is 0 Å². The fraction of sp³-hybridized carbons (Fsp3) is 0.571. The molecule has 4 nitrogen and oxygen atoms in total. The molecule has 1 aliphatic heterocycles. The number of aryl methyl sites for hydroxylation is 1. The van der Waals surface area contributed by atoms with Crippen LogP contribution in [0.15, 0.2) is 29.2 Å². The molecule has 0 spiro atoms. The third-order valence-electron chi connectivity index (χ3n) is 3.70. The van der Waals surface area contributed by atoms with E-state index < -0.39 is 10.0 Å². The zero-order valence-electron chi connectivity index (χ0n) is 11.4. The molecule has 2 rings (SSSR count). The maximum absolute atomic E-state index is 12.4.